The molecule has 0 aliphatic heterocycles. The van der Waals surface area contributed by atoms with Gasteiger partial charge in [-0.15, -0.1) is 0 Å². The van der Waals surface area contributed by atoms with E-state index in [-0.39, 0.29) is 13.2 Å². The molecule has 0 atom stereocenters. The molecule has 0 rings (SSSR count). The third-order valence-electron chi connectivity index (χ3n) is 6.80. The van der Waals surface area contributed by atoms with Crippen molar-refractivity contribution in [3.63, 3.8) is 0 Å². The topological polar surface area (TPSA) is 199 Å². The van der Waals surface area contributed by atoms with E-state index < -0.39 is 23.9 Å². The summed E-state index contributed by atoms with van der Waals surface area (Å²) in [7, 11) is 0. The number of aliphatic carboxylic acids is 4. The van der Waals surface area contributed by atoms with Crippen LogP contribution in [0.25, 0.3) is 0 Å². The number of carbonyl (C=O) groups is 4. The van der Waals surface area contributed by atoms with E-state index in [2.05, 4.69) is 46.3 Å². The Bertz CT molecular complexity index is 627. The number of carboxylic acid groups (broad SMARTS) is 4. The average molecular weight is 711 g/mol. The van der Waals surface area contributed by atoms with Gasteiger partial charge in [-0.2, -0.15) is 0 Å². The highest BCUT2D eigenvalue weighted by atomic mass is 16.5. The number of unbranched alkanes of at least 4 members (excludes halogenated alkanes) is 12. The molecule has 6 N–H and O–H groups in total. The maximum absolute atomic E-state index is 10.1. The predicted molar refractivity (Wildman–Crippen MR) is 198 cm³/mol. The van der Waals surface area contributed by atoms with Gasteiger partial charge in [-0.1, -0.05) is 131 Å². The Balaban J connectivity index is -0.000000166. The van der Waals surface area contributed by atoms with Crippen LogP contribution in [-0.4, -0.2) is 80.9 Å². The summed E-state index contributed by atoms with van der Waals surface area (Å²) in [4.78, 5) is 40.3. The number of hydrogen-bond donors (Lipinski definition) is 6. The molecule has 0 amide bonds. The molecule has 0 aromatic heterocycles. The third-order valence-corrected chi connectivity index (χ3v) is 6.80. The van der Waals surface area contributed by atoms with E-state index in [1.54, 1.807) is 0 Å². The Morgan fingerprint density at radius 1 is 0.429 bits per heavy atom. The van der Waals surface area contributed by atoms with Crippen LogP contribution in [0.2, 0.25) is 0 Å². The molecule has 0 aromatic rings. The van der Waals surface area contributed by atoms with Gasteiger partial charge in [0.2, 0.25) is 0 Å². The van der Waals surface area contributed by atoms with E-state index in [9.17, 15) is 19.2 Å². The highest BCUT2D eigenvalue weighted by Crippen LogP contribution is 2.10. The lowest BCUT2D eigenvalue weighted by Crippen LogP contribution is -2.03. The summed E-state index contributed by atoms with van der Waals surface area (Å²) in [5.41, 5.74) is 0. The molecule has 49 heavy (non-hydrogen) atoms. The molecular formula is C38H78O11. The zero-order valence-corrected chi connectivity index (χ0v) is 32.3. The fourth-order valence-corrected chi connectivity index (χ4v) is 4.00. The van der Waals surface area contributed by atoms with Gasteiger partial charge in [-0.25, -0.2) is 0 Å². The summed E-state index contributed by atoms with van der Waals surface area (Å²) < 4.78 is 4.63. The van der Waals surface area contributed by atoms with E-state index in [1.807, 2.05) is 0 Å². The second-order valence-electron chi connectivity index (χ2n) is 12.9. The van der Waals surface area contributed by atoms with Crippen LogP contribution in [0, 0.1) is 11.8 Å². The smallest absolute Gasteiger partial charge is 0.303 e. The zero-order chi connectivity index (χ0) is 38.6. The number of hydrogen-bond acceptors (Lipinski definition) is 7. The van der Waals surface area contributed by atoms with Gasteiger partial charge in [0.15, 0.2) is 0 Å². The highest BCUT2D eigenvalue weighted by Gasteiger charge is 1.99. The van der Waals surface area contributed by atoms with Crippen molar-refractivity contribution >= 4 is 23.9 Å². The summed E-state index contributed by atoms with van der Waals surface area (Å²) >= 11 is 0. The maximum Gasteiger partial charge on any atom is 0.303 e. The molecular weight excluding hydrogens is 632 g/mol. The first-order valence-corrected chi connectivity index (χ1v) is 18.9. The van der Waals surface area contributed by atoms with Crippen LogP contribution in [0.3, 0.4) is 0 Å². The molecule has 0 bridgehead atoms. The molecule has 0 aromatic carbocycles. The summed E-state index contributed by atoms with van der Waals surface area (Å²) in [5, 5.41) is 49.4. The van der Waals surface area contributed by atoms with Crippen LogP contribution in [-0.2, 0) is 23.9 Å². The summed E-state index contributed by atoms with van der Waals surface area (Å²) in [5.74, 6) is -1.18. The van der Waals surface area contributed by atoms with Gasteiger partial charge >= 0.3 is 23.9 Å². The van der Waals surface area contributed by atoms with Crippen LogP contribution in [0.1, 0.15) is 183 Å². The molecule has 0 saturated carbocycles. The van der Waals surface area contributed by atoms with Crippen molar-refractivity contribution in [2.24, 2.45) is 11.8 Å². The van der Waals surface area contributed by atoms with Crippen LogP contribution >= 0.6 is 0 Å². The Morgan fingerprint density at radius 3 is 0.878 bits per heavy atom. The molecule has 0 fully saturated rings. The second-order valence-corrected chi connectivity index (χ2v) is 12.9. The van der Waals surface area contributed by atoms with Gasteiger partial charge in [0.1, 0.15) is 0 Å². The van der Waals surface area contributed by atoms with Gasteiger partial charge < -0.3 is 35.4 Å². The normalized spacial score (nSPS) is 10.0. The number of ether oxygens (including phenoxy) is 1. The van der Waals surface area contributed by atoms with Crippen molar-refractivity contribution in [3.8, 4) is 0 Å². The lowest BCUT2D eigenvalue weighted by Gasteiger charge is -2.02. The minimum absolute atomic E-state index is 0.0278. The monoisotopic (exact) mass is 711 g/mol. The van der Waals surface area contributed by atoms with Crippen molar-refractivity contribution in [1.82, 2.24) is 0 Å². The van der Waals surface area contributed by atoms with Gasteiger partial charge in [0.25, 0.3) is 0 Å². The van der Waals surface area contributed by atoms with E-state index in [1.165, 1.54) is 64.2 Å². The number of carboxylic acids is 4. The van der Waals surface area contributed by atoms with E-state index in [0.717, 1.165) is 63.2 Å². The standard InChI is InChI=1S/2C9H18O2.2C8H16O2.C4H10O3/c2*1-8(2)6-4-3-5-7-9(10)11;2*1-2-3-4-5-6-7-8(9)10;5-1-3-7-4-2-6/h2*8H,3-7H2,1-2H3,(H,10,11);2*2-7H2,1H3,(H,9,10);5-6H,1-4H2. The van der Waals surface area contributed by atoms with Crippen LogP contribution in [0.15, 0.2) is 0 Å². The average Bonchev–Trinajstić information content (AvgIpc) is 3.01. The van der Waals surface area contributed by atoms with E-state index >= 15 is 0 Å². The van der Waals surface area contributed by atoms with Crippen LogP contribution in [0.4, 0.5) is 0 Å². The number of aliphatic hydroxyl groups is 2. The first-order valence-electron chi connectivity index (χ1n) is 18.9. The Hall–Kier alpha value is -2.24. The maximum atomic E-state index is 10.1. The minimum Gasteiger partial charge on any atom is -0.481 e. The van der Waals surface area contributed by atoms with Gasteiger partial charge in [-0.3, -0.25) is 19.2 Å². The minimum atomic E-state index is -0.672. The first-order chi connectivity index (χ1) is 23.2. The quantitative estimate of drug-likeness (QED) is 0.0423. The summed E-state index contributed by atoms with van der Waals surface area (Å²) in [6, 6.07) is 0. The lowest BCUT2D eigenvalue weighted by atomic mass is 10.0. The zero-order valence-electron chi connectivity index (χ0n) is 32.3. The highest BCUT2D eigenvalue weighted by molar-refractivity contribution is 5.67. The molecule has 0 radical (unpaired) electrons. The van der Waals surface area contributed by atoms with Crippen LogP contribution in [0.5, 0.6) is 0 Å². The van der Waals surface area contributed by atoms with Crippen molar-refractivity contribution in [2.45, 2.75) is 183 Å². The molecule has 296 valence electrons. The molecule has 0 saturated heterocycles. The van der Waals surface area contributed by atoms with Gasteiger partial charge in [0, 0.05) is 25.7 Å². The Kier molecular flexibility index (Phi) is 57.5. The Labute approximate surface area is 299 Å². The predicted octanol–water partition coefficient (Wildman–Crippen LogP) is 9.21. The fraction of sp³-hybridized carbons (Fsp3) is 0.895. The van der Waals surface area contributed by atoms with E-state index in [4.69, 9.17) is 30.6 Å². The first kappa shape index (κ1) is 56.1. The molecule has 0 spiro atoms. The van der Waals surface area contributed by atoms with E-state index in [0.29, 0.717) is 38.9 Å². The molecule has 11 nitrogen and oxygen atoms in total. The summed E-state index contributed by atoms with van der Waals surface area (Å²) in [6.07, 6.45) is 21.0. The van der Waals surface area contributed by atoms with Crippen LogP contribution < -0.4 is 0 Å². The molecule has 0 unspecified atom stereocenters. The van der Waals surface area contributed by atoms with Crippen molar-refractivity contribution < 1.29 is 54.6 Å². The second kappa shape index (κ2) is 50.1. The SMILES string of the molecule is CC(C)CCCCCC(=O)O.CC(C)CCCCCC(=O)O.CCCCCCCC(=O)O.CCCCCCCC(=O)O.OCCOCCO. The van der Waals surface area contributed by atoms with Crippen molar-refractivity contribution in [2.75, 3.05) is 26.4 Å². The molecule has 0 aliphatic carbocycles. The number of aliphatic hydroxyl groups excluding tert-OH is 2. The third kappa shape index (κ3) is 86.9. The van der Waals surface area contributed by atoms with Crippen molar-refractivity contribution in [3.05, 3.63) is 0 Å². The summed E-state index contributed by atoms with van der Waals surface area (Å²) in [6.45, 7) is 13.8. The lowest BCUT2D eigenvalue weighted by molar-refractivity contribution is -0.138. The van der Waals surface area contributed by atoms with Crippen molar-refractivity contribution in [1.29, 1.82) is 0 Å². The van der Waals surface area contributed by atoms with Gasteiger partial charge in [0.05, 0.1) is 26.4 Å². The largest absolute Gasteiger partial charge is 0.481 e. The molecule has 11 heteroatoms. The molecule has 0 heterocycles. The van der Waals surface area contributed by atoms with Gasteiger partial charge in [-0.05, 0) is 37.5 Å². The fourth-order valence-electron chi connectivity index (χ4n) is 4.00. The molecule has 0 aliphatic rings. The Morgan fingerprint density at radius 2 is 0.673 bits per heavy atom. The number of rotatable bonds is 28.